The summed E-state index contributed by atoms with van der Waals surface area (Å²) in [6.45, 7) is 0. The second kappa shape index (κ2) is 10.7. The van der Waals surface area contributed by atoms with Crippen LogP contribution in [0.4, 0.5) is 17.1 Å². The van der Waals surface area contributed by atoms with Gasteiger partial charge in [0.15, 0.2) is 0 Å². The highest BCUT2D eigenvalue weighted by molar-refractivity contribution is 7.30. The van der Waals surface area contributed by atoms with Crippen LogP contribution in [0, 0.1) is 0 Å². The van der Waals surface area contributed by atoms with Gasteiger partial charge in [-0.15, -0.1) is 22.7 Å². The number of anilines is 3. The molecule has 212 valence electrons. The molecule has 0 spiro atoms. The molecular formula is C42H27NS2. The van der Waals surface area contributed by atoms with Crippen LogP contribution in [0.2, 0.25) is 0 Å². The lowest BCUT2D eigenvalue weighted by Crippen LogP contribution is -2.10. The third-order valence-corrected chi connectivity index (χ3v) is 11.1. The van der Waals surface area contributed by atoms with E-state index < -0.39 is 0 Å². The molecule has 0 amide bonds. The van der Waals surface area contributed by atoms with Crippen molar-refractivity contribution in [1.29, 1.82) is 0 Å². The quantitative estimate of drug-likeness (QED) is 0.188. The molecule has 0 bridgehead atoms. The molecule has 0 N–H and O–H groups in total. The smallest absolute Gasteiger partial charge is 0.0640 e. The number of fused-ring (bicyclic) bond motifs is 7. The maximum Gasteiger partial charge on any atom is 0.0640 e. The SMILES string of the molecule is c1ccc(-c2ccc(N(c3cccc(-c4ccccc4)c3)c3cccc4c3sc3c4ccc4sc5ccccc5c43)cc2)cc1. The van der Waals surface area contributed by atoms with Crippen molar-refractivity contribution in [3.05, 3.63) is 164 Å². The molecule has 3 heteroatoms. The molecule has 0 unspecified atom stereocenters. The van der Waals surface area contributed by atoms with E-state index in [1.54, 1.807) is 0 Å². The van der Waals surface area contributed by atoms with Gasteiger partial charge in [0.05, 0.1) is 10.4 Å². The summed E-state index contributed by atoms with van der Waals surface area (Å²) in [5, 5.41) is 5.35. The Morgan fingerprint density at radius 1 is 0.356 bits per heavy atom. The highest BCUT2D eigenvalue weighted by Crippen LogP contribution is 2.49. The molecule has 0 fully saturated rings. The van der Waals surface area contributed by atoms with Crippen molar-refractivity contribution in [3.63, 3.8) is 0 Å². The van der Waals surface area contributed by atoms with Crippen molar-refractivity contribution in [2.24, 2.45) is 0 Å². The molecule has 2 heterocycles. The normalized spacial score (nSPS) is 11.6. The van der Waals surface area contributed by atoms with Crippen LogP contribution >= 0.6 is 22.7 Å². The summed E-state index contributed by atoms with van der Waals surface area (Å²) in [6, 6.07) is 59.4. The van der Waals surface area contributed by atoms with E-state index >= 15 is 0 Å². The van der Waals surface area contributed by atoms with Crippen molar-refractivity contribution in [2.45, 2.75) is 0 Å². The average molecular weight is 610 g/mol. The van der Waals surface area contributed by atoms with Crippen LogP contribution in [0.1, 0.15) is 0 Å². The molecule has 2 aromatic heterocycles. The maximum absolute atomic E-state index is 2.43. The molecule has 0 atom stereocenters. The van der Waals surface area contributed by atoms with Crippen molar-refractivity contribution in [2.75, 3.05) is 4.90 Å². The zero-order valence-corrected chi connectivity index (χ0v) is 26.0. The van der Waals surface area contributed by atoms with Crippen molar-refractivity contribution in [1.82, 2.24) is 0 Å². The first-order chi connectivity index (χ1) is 22.3. The fourth-order valence-corrected chi connectivity index (χ4v) is 9.09. The van der Waals surface area contributed by atoms with E-state index in [1.165, 1.54) is 68.3 Å². The first-order valence-corrected chi connectivity index (χ1v) is 16.8. The van der Waals surface area contributed by atoms with Gasteiger partial charge in [-0.3, -0.25) is 0 Å². The van der Waals surface area contributed by atoms with Crippen LogP contribution < -0.4 is 4.90 Å². The third-order valence-electron chi connectivity index (χ3n) is 8.67. The molecule has 7 aromatic carbocycles. The lowest BCUT2D eigenvalue weighted by atomic mass is 10.0. The summed E-state index contributed by atoms with van der Waals surface area (Å²) >= 11 is 3.81. The second-order valence-electron chi connectivity index (χ2n) is 11.3. The average Bonchev–Trinajstić information content (AvgIpc) is 3.69. The molecular weight excluding hydrogens is 583 g/mol. The highest BCUT2D eigenvalue weighted by atomic mass is 32.1. The Morgan fingerprint density at radius 3 is 1.78 bits per heavy atom. The summed E-state index contributed by atoms with van der Waals surface area (Å²) in [6.07, 6.45) is 0. The number of hydrogen-bond donors (Lipinski definition) is 0. The van der Waals surface area contributed by atoms with E-state index in [0.717, 1.165) is 11.4 Å². The zero-order chi connectivity index (χ0) is 29.7. The number of thiophene rings is 2. The Hall–Kier alpha value is -5.22. The van der Waals surface area contributed by atoms with Crippen molar-refractivity contribution in [3.8, 4) is 22.3 Å². The molecule has 9 aromatic rings. The fourth-order valence-electron chi connectivity index (χ4n) is 6.54. The molecule has 0 radical (unpaired) electrons. The van der Waals surface area contributed by atoms with Gasteiger partial charge in [-0.1, -0.05) is 121 Å². The van der Waals surface area contributed by atoms with Crippen LogP contribution in [-0.4, -0.2) is 0 Å². The van der Waals surface area contributed by atoms with Gasteiger partial charge in [0.1, 0.15) is 0 Å². The van der Waals surface area contributed by atoms with E-state index in [9.17, 15) is 0 Å². The van der Waals surface area contributed by atoms with Gasteiger partial charge in [-0.2, -0.15) is 0 Å². The number of nitrogens with zero attached hydrogens (tertiary/aromatic N) is 1. The minimum Gasteiger partial charge on any atom is -0.309 e. The van der Waals surface area contributed by atoms with Gasteiger partial charge < -0.3 is 4.90 Å². The Labute approximate surface area is 269 Å². The summed E-state index contributed by atoms with van der Waals surface area (Å²) in [5.74, 6) is 0. The molecule has 1 nitrogen and oxygen atoms in total. The van der Waals surface area contributed by atoms with Crippen LogP contribution in [0.25, 0.3) is 62.6 Å². The van der Waals surface area contributed by atoms with E-state index in [4.69, 9.17) is 0 Å². The van der Waals surface area contributed by atoms with Gasteiger partial charge >= 0.3 is 0 Å². The molecule has 0 aliphatic carbocycles. The van der Waals surface area contributed by atoms with Gasteiger partial charge in [-0.05, 0) is 64.7 Å². The minimum atomic E-state index is 1.14. The van der Waals surface area contributed by atoms with Gasteiger partial charge in [0, 0.05) is 47.0 Å². The molecule has 0 saturated heterocycles. The van der Waals surface area contributed by atoms with Crippen LogP contribution in [-0.2, 0) is 0 Å². The Kier molecular flexibility index (Phi) is 6.26. The summed E-state index contributed by atoms with van der Waals surface area (Å²) in [7, 11) is 0. The number of hydrogen-bond acceptors (Lipinski definition) is 3. The van der Waals surface area contributed by atoms with E-state index in [0.29, 0.717) is 0 Å². The Morgan fingerprint density at radius 2 is 0.978 bits per heavy atom. The van der Waals surface area contributed by atoms with E-state index in [1.807, 2.05) is 22.7 Å². The monoisotopic (exact) mass is 609 g/mol. The first kappa shape index (κ1) is 26.2. The van der Waals surface area contributed by atoms with Crippen LogP contribution in [0.15, 0.2) is 164 Å². The molecule has 0 saturated carbocycles. The predicted octanol–water partition coefficient (Wildman–Crippen LogP) is 13.2. The van der Waals surface area contributed by atoms with E-state index in [2.05, 4.69) is 169 Å². The predicted molar refractivity (Wildman–Crippen MR) is 198 cm³/mol. The molecule has 9 rings (SSSR count). The molecule has 45 heavy (non-hydrogen) atoms. The second-order valence-corrected chi connectivity index (χ2v) is 13.4. The number of benzene rings is 7. The Bertz CT molecular complexity index is 2470. The van der Waals surface area contributed by atoms with Gasteiger partial charge in [0.25, 0.3) is 0 Å². The standard InChI is InChI=1S/C42H27NS2/c1-3-11-28(12-4-1)30-21-23-32(24-22-30)43(33-16-9-15-31(27-33)29-13-5-2-6-14-29)37-19-10-18-34-35-25-26-39-40(42(35)45-41(34)37)36-17-7-8-20-38(36)44-39/h1-27H. The van der Waals surface area contributed by atoms with E-state index in [-0.39, 0.29) is 0 Å². The highest BCUT2D eigenvalue weighted by Gasteiger charge is 2.20. The third kappa shape index (κ3) is 4.43. The topological polar surface area (TPSA) is 3.24 Å². The summed E-state index contributed by atoms with van der Waals surface area (Å²) in [4.78, 5) is 2.43. The molecule has 0 aliphatic heterocycles. The van der Waals surface area contributed by atoms with Crippen molar-refractivity contribution >= 4 is 80.1 Å². The lowest BCUT2D eigenvalue weighted by molar-refractivity contribution is 1.30. The Balaban J connectivity index is 1.28. The fraction of sp³-hybridized carbons (Fsp3) is 0. The van der Waals surface area contributed by atoms with Crippen molar-refractivity contribution < 1.29 is 0 Å². The van der Waals surface area contributed by atoms with Crippen LogP contribution in [0.3, 0.4) is 0 Å². The van der Waals surface area contributed by atoms with Gasteiger partial charge in [-0.25, -0.2) is 0 Å². The van der Waals surface area contributed by atoms with Crippen LogP contribution in [0.5, 0.6) is 0 Å². The largest absolute Gasteiger partial charge is 0.309 e. The summed E-state index contributed by atoms with van der Waals surface area (Å²) in [5.41, 5.74) is 8.32. The molecule has 0 aliphatic rings. The number of rotatable bonds is 5. The van der Waals surface area contributed by atoms with Gasteiger partial charge in [0.2, 0.25) is 0 Å². The maximum atomic E-state index is 2.43. The minimum absolute atomic E-state index is 1.14. The first-order valence-electron chi connectivity index (χ1n) is 15.2. The zero-order valence-electron chi connectivity index (χ0n) is 24.4. The lowest BCUT2D eigenvalue weighted by Gasteiger charge is -2.27. The summed E-state index contributed by atoms with van der Waals surface area (Å²) < 4.78 is 5.36.